The van der Waals surface area contributed by atoms with Crippen LogP contribution in [0.3, 0.4) is 0 Å². The molecule has 6 aliphatic rings. The largest absolute Gasteiger partial charge is 0.469 e. The molecule has 2 N–H and O–H groups in total. The molecule has 52 heavy (non-hydrogen) atoms. The molecule has 2 saturated carbocycles. The lowest BCUT2D eigenvalue weighted by Gasteiger charge is -2.38. The number of pyridine rings is 2. The number of esters is 2. The van der Waals surface area contributed by atoms with Gasteiger partial charge >= 0.3 is 11.9 Å². The number of hydrogen-bond donors (Lipinski definition) is 2. The minimum atomic E-state index is -0.436. The molecule has 6 heterocycles. The summed E-state index contributed by atoms with van der Waals surface area (Å²) < 4.78 is 13.8. The number of carbonyl (C=O) groups excluding carboxylic acids is 2. The first-order valence-corrected chi connectivity index (χ1v) is 18.8. The molecule has 2 saturated heterocycles. The molecule has 2 aromatic heterocycles. The highest BCUT2D eigenvalue weighted by Crippen LogP contribution is 2.51. The van der Waals surface area contributed by atoms with Gasteiger partial charge in [0.25, 0.3) is 11.1 Å². The predicted molar refractivity (Wildman–Crippen MR) is 195 cm³/mol. The normalized spacial score (nSPS) is 30.6. The third-order valence-electron chi connectivity index (χ3n) is 12.4. The maximum atomic E-state index is 12.9. The summed E-state index contributed by atoms with van der Waals surface area (Å²) in [6.45, 7) is 6.50. The van der Waals surface area contributed by atoms with Gasteiger partial charge in [-0.15, -0.1) is 0 Å². The summed E-state index contributed by atoms with van der Waals surface area (Å²) in [6, 6.07) is 7.18. The van der Waals surface area contributed by atoms with E-state index in [0.29, 0.717) is 36.1 Å². The fourth-order valence-electron chi connectivity index (χ4n) is 9.60. The monoisotopic (exact) mass is 716 g/mol. The second-order valence-corrected chi connectivity index (χ2v) is 15.4. The second-order valence-electron chi connectivity index (χ2n) is 15.4. The van der Waals surface area contributed by atoms with Crippen LogP contribution < -0.4 is 11.1 Å². The topological polar surface area (TPSA) is 144 Å². The summed E-state index contributed by atoms with van der Waals surface area (Å²) in [5.74, 6) is -0.561. The Morgan fingerprint density at radius 3 is 1.38 bits per heavy atom. The van der Waals surface area contributed by atoms with Crippen molar-refractivity contribution in [2.45, 2.75) is 76.8 Å². The van der Waals surface area contributed by atoms with Crippen molar-refractivity contribution >= 4 is 24.1 Å². The number of methoxy groups -OCH3 is 2. The van der Waals surface area contributed by atoms with Crippen molar-refractivity contribution in [2.75, 3.05) is 40.5 Å². The van der Waals surface area contributed by atoms with Crippen LogP contribution in [0.5, 0.6) is 0 Å². The highest BCUT2D eigenvalue weighted by atomic mass is 16.5. The van der Waals surface area contributed by atoms with E-state index in [1.165, 1.54) is 39.9 Å². The summed E-state index contributed by atoms with van der Waals surface area (Å²) in [7, 11) is 2.79. The van der Waals surface area contributed by atoms with Crippen LogP contribution in [0.4, 0.5) is 0 Å². The molecule has 280 valence electrons. The third-order valence-corrected chi connectivity index (χ3v) is 12.4. The highest BCUT2D eigenvalue weighted by molar-refractivity contribution is 5.75. The van der Waals surface area contributed by atoms with Crippen LogP contribution >= 0.6 is 0 Å². The quantitative estimate of drug-likeness (QED) is 0.353. The van der Waals surface area contributed by atoms with Crippen molar-refractivity contribution in [3.8, 4) is 0 Å². The Labute approximate surface area is 304 Å². The van der Waals surface area contributed by atoms with E-state index in [0.717, 1.165) is 24.5 Å². The van der Waals surface area contributed by atoms with Gasteiger partial charge in [-0.1, -0.05) is 24.3 Å². The molecule has 0 amide bonds. The van der Waals surface area contributed by atoms with Gasteiger partial charge in [0.1, 0.15) is 0 Å². The number of aliphatic hydroxyl groups excluding tert-OH is 2. The molecule has 12 nitrogen and oxygen atoms in total. The Hall–Kier alpha value is -3.84. The summed E-state index contributed by atoms with van der Waals surface area (Å²) in [6.07, 6.45) is 12.2. The fourth-order valence-corrected chi connectivity index (χ4v) is 9.60. The van der Waals surface area contributed by atoms with Crippen molar-refractivity contribution in [1.29, 1.82) is 0 Å². The van der Waals surface area contributed by atoms with Crippen LogP contribution in [-0.2, 0) is 32.2 Å². The zero-order valence-electron chi connectivity index (χ0n) is 30.6. The summed E-state index contributed by atoms with van der Waals surface area (Å²) >= 11 is 0. The maximum Gasteiger partial charge on any atom is 0.311 e. The minimum absolute atomic E-state index is 0.0132. The zero-order chi connectivity index (χ0) is 36.8. The van der Waals surface area contributed by atoms with E-state index in [1.807, 2.05) is 62.4 Å². The molecule has 0 radical (unpaired) electrons. The van der Waals surface area contributed by atoms with Gasteiger partial charge in [0, 0.05) is 85.8 Å². The van der Waals surface area contributed by atoms with Gasteiger partial charge < -0.3 is 28.8 Å². The van der Waals surface area contributed by atoms with Crippen molar-refractivity contribution in [3.63, 3.8) is 0 Å². The maximum absolute atomic E-state index is 12.9. The van der Waals surface area contributed by atoms with Gasteiger partial charge in [-0.2, -0.15) is 0 Å². The average Bonchev–Trinajstić information content (AvgIpc) is 4.09. The number of fused-ring (bicyclic) bond motifs is 8. The van der Waals surface area contributed by atoms with E-state index in [-0.39, 0.29) is 72.3 Å². The Morgan fingerprint density at radius 1 is 0.692 bits per heavy atom. The molecular weight excluding hydrogens is 664 g/mol. The lowest BCUT2D eigenvalue weighted by Crippen LogP contribution is -2.47. The standard InChI is InChI=1S/2C20H26N2O4/c2*1-3-4-13-7-8-15-18-17(20(25)26-2)14(11-23)16(10-22(15)19(13)24)21(18)9-12-5-6-12/h2*3-4,7-8,12,14,16-18,23H,5-6,9-11H2,1-2H3/b4-3+;4-3-/t2*14-,16-,17+,18+/m00/s1. The van der Waals surface area contributed by atoms with Gasteiger partial charge in [-0.05, 0) is 75.6 Å². The number of aromatic nitrogens is 2. The molecular formula is C40H52N4O8. The first kappa shape index (κ1) is 36.5. The molecule has 4 bridgehead atoms. The molecule has 0 spiro atoms. The van der Waals surface area contributed by atoms with Crippen molar-refractivity contribution in [3.05, 3.63) is 79.6 Å². The van der Waals surface area contributed by atoms with E-state index in [1.54, 1.807) is 9.13 Å². The summed E-state index contributed by atoms with van der Waals surface area (Å²) in [5.41, 5.74) is 2.99. The number of ether oxygens (including phenoxy) is 2. The van der Waals surface area contributed by atoms with E-state index in [9.17, 15) is 29.4 Å². The van der Waals surface area contributed by atoms with Crippen LogP contribution in [0, 0.1) is 35.5 Å². The first-order valence-electron chi connectivity index (χ1n) is 18.8. The number of nitrogens with zero attached hydrogens (tertiary/aromatic N) is 4. The van der Waals surface area contributed by atoms with Gasteiger partial charge in [0.05, 0.1) is 38.1 Å². The summed E-state index contributed by atoms with van der Waals surface area (Å²) in [4.78, 5) is 55.7. The zero-order valence-corrected chi connectivity index (χ0v) is 30.6. The molecule has 0 unspecified atom stereocenters. The predicted octanol–water partition coefficient (Wildman–Crippen LogP) is 2.86. The molecule has 4 aliphatic heterocycles. The van der Waals surface area contributed by atoms with Crippen LogP contribution in [-0.4, -0.2) is 93.7 Å². The molecule has 8 atom stereocenters. The number of rotatable bonds is 10. The Bertz CT molecular complexity index is 1720. The molecule has 2 aliphatic carbocycles. The van der Waals surface area contributed by atoms with Crippen LogP contribution in [0.1, 0.15) is 74.1 Å². The lowest BCUT2D eigenvalue weighted by molar-refractivity contribution is -0.149. The summed E-state index contributed by atoms with van der Waals surface area (Å²) in [5, 5.41) is 20.1. The highest BCUT2D eigenvalue weighted by Gasteiger charge is 2.58. The second kappa shape index (κ2) is 14.9. The van der Waals surface area contributed by atoms with Crippen molar-refractivity contribution < 1.29 is 29.3 Å². The number of carbonyl (C=O) groups is 2. The smallest absolute Gasteiger partial charge is 0.311 e. The Balaban J connectivity index is 0.000000162. The SMILES string of the molecule is C/C=C/c1ccc2n(c1=O)C[C@H]1[C@H](CO)[C@@H](C(=O)OC)[C@@H]2N1CC1CC1.C/C=C\c1ccc2n(c1=O)C[C@H]1[C@H](CO)[C@@H](C(=O)OC)[C@@H]2N1CC1CC1. The molecule has 4 fully saturated rings. The number of aliphatic hydroxyl groups is 2. The number of allylic oxidation sites excluding steroid dienone is 2. The van der Waals surface area contributed by atoms with E-state index in [2.05, 4.69) is 9.80 Å². The van der Waals surface area contributed by atoms with Crippen molar-refractivity contribution in [1.82, 2.24) is 18.9 Å². The van der Waals surface area contributed by atoms with E-state index in [4.69, 9.17) is 9.47 Å². The fraction of sp³-hybridized carbons (Fsp3) is 0.600. The van der Waals surface area contributed by atoms with Gasteiger partial charge in [0.15, 0.2) is 0 Å². The molecule has 2 aromatic rings. The average molecular weight is 717 g/mol. The van der Waals surface area contributed by atoms with Crippen LogP contribution in [0.25, 0.3) is 12.2 Å². The van der Waals surface area contributed by atoms with Gasteiger partial charge in [-0.25, -0.2) is 0 Å². The minimum Gasteiger partial charge on any atom is -0.469 e. The molecule has 12 heteroatoms. The first-order chi connectivity index (χ1) is 25.2. The van der Waals surface area contributed by atoms with Gasteiger partial charge in [-0.3, -0.25) is 29.0 Å². The van der Waals surface area contributed by atoms with Gasteiger partial charge in [0.2, 0.25) is 0 Å². The van der Waals surface area contributed by atoms with Crippen LogP contribution in [0.15, 0.2) is 46.0 Å². The van der Waals surface area contributed by atoms with Crippen molar-refractivity contribution in [2.24, 2.45) is 35.5 Å². The Kier molecular flexibility index (Phi) is 10.5. The Morgan fingerprint density at radius 2 is 1.08 bits per heavy atom. The lowest BCUT2D eigenvalue weighted by atomic mass is 9.87. The van der Waals surface area contributed by atoms with E-state index >= 15 is 0 Å². The third kappa shape index (κ3) is 6.31. The number of hydrogen-bond acceptors (Lipinski definition) is 10. The molecule has 8 rings (SSSR count). The van der Waals surface area contributed by atoms with Crippen LogP contribution in [0.2, 0.25) is 0 Å². The molecule has 0 aromatic carbocycles. The van der Waals surface area contributed by atoms with E-state index < -0.39 is 11.8 Å².